The molecule has 0 spiro atoms. The van der Waals surface area contributed by atoms with Gasteiger partial charge < -0.3 is 10.2 Å². The molecule has 1 aliphatic heterocycles. The van der Waals surface area contributed by atoms with Crippen molar-refractivity contribution in [3.8, 4) is 0 Å². The van der Waals surface area contributed by atoms with Crippen LogP contribution >= 0.6 is 0 Å². The van der Waals surface area contributed by atoms with E-state index in [1.807, 2.05) is 27.7 Å². The van der Waals surface area contributed by atoms with Gasteiger partial charge in [0.25, 0.3) is 0 Å². The number of hydrogen-bond acceptors (Lipinski definition) is 3. The van der Waals surface area contributed by atoms with E-state index in [1.54, 1.807) is 11.9 Å². The molecule has 0 radical (unpaired) electrons. The lowest BCUT2D eigenvalue weighted by Crippen LogP contribution is -2.53. The average molecular weight is 330 g/mol. The van der Waals surface area contributed by atoms with Crippen LogP contribution < -0.4 is 5.32 Å². The van der Waals surface area contributed by atoms with E-state index >= 15 is 0 Å². The van der Waals surface area contributed by atoms with E-state index in [1.165, 1.54) is 0 Å². The first-order valence-electron chi connectivity index (χ1n) is 8.13. The Morgan fingerprint density at radius 2 is 1.73 bits per heavy atom. The third-order valence-corrected chi connectivity index (χ3v) is 5.48. The number of carbonyl (C=O) groups is 2. The van der Waals surface area contributed by atoms with Crippen molar-refractivity contribution in [3.63, 3.8) is 0 Å². The summed E-state index contributed by atoms with van der Waals surface area (Å²) in [7, 11) is 1.06. The van der Waals surface area contributed by atoms with Crippen LogP contribution in [-0.2, 0) is 20.4 Å². The van der Waals surface area contributed by atoms with Crippen LogP contribution in [0.5, 0.6) is 0 Å². The lowest BCUT2D eigenvalue weighted by molar-refractivity contribution is -0.138. The Morgan fingerprint density at radius 1 is 1.18 bits per heavy atom. The summed E-state index contributed by atoms with van der Waals surface area (Å²) in [5.74, 6) is 1.53. The molecule has 0 bridgehead atoms. The van der Waals surface area contributed by atoms with Crippen LogP contribution in [0.15, 0.2) is 0 Å². The number of hydrogen-bond donors (Lipinski definition) is 1. The Kier molecular flexibility index (Phi) is 7.53. The zero-order valence-corrected chi connectivity index (χ0v) is 15.2. The summed E-state index contributed by atoms with van der Waals surface area (Å²) in [4.78, 5) is 26.5. The molecule has 1 unspecified atom stereocenters. The van der Waals surface area contributed by atoms with Gasteiger partial charge in [0.2, 0.25) is 11.8 Å². The van der Waals surface area contributed by atoms with Gasteiger partial charge >= 0.3 is 0 Å². The molecule has 1 aliphatic rings. The van der Waals surface area contributed by atoms with Gasteiger partial charge in [-0.05, 0) is 24.7 Å². The van der Waals surface area contributed by atoms with E-state index < -0.39 is 16.8 Å². The molecule has 5 nitrogen and oxygen atoms in total. The van der Waals surface area contributed by atoms with Gasteiger partial charge in [0.05, 0.1) is 0 Å². The van der Waals surface area contributed by atoms with Gasteiger partial charge in [-0.2, -0.15) is 0 Å². The van der Waals surface area contributed by atoms with Gasteiger partial charge in [-0.1, -0.05) is 27.7 Å². The summed E-state index contributed by atoms with van der Waals surface area (Å²) in [6.07, 6.45) is 1.99. The van der Waals surface area contributed by atoms with E-state index in [0.29, 0.717) is 17.9 Å². The number of nitrogens with one attached hydrogen (secondary N) is 1. The highest BCUT2D eigenvalue weighted by Crippen LogP contribution is 2.17. The lowest BCUT2D eigenvalue weighted by atomic mass is 10.00. The first kappa shape index (κ1) is 19.1. The van der Waals surface area contributed by atoms with Crippen molar-refractivity contribution in [2.45, 2.75) is 59.0 Å². The van der Waals surface area contributed by atoms with Crippen molar-refractivity contribution in [1.29, 1.82) is 0 Å². The number of carbonyl (C=O) groups excluding carboxylic acids is 2. The summed E-state index contributed by atoms with van der Waals surface area (Å²) in [6.45, 7) is 7.87. The van der Waals surface area contributed by atoms with Crippen molar-refractivity contribution in [3.05, 3.63) is 0 Å². The van der Waals surface area contributed by atoms with Crippen LogP contribution in [0.1, 0.15) is 47.0 Å². The van der Waals surface area contributed by atoms with Gasteiger partial charge in [0.1, 0.15) is 6.04 Å². The zero-order chi connectivity index (χ0) is 16.9. The van der Waals surface area contributed by atoms with Gasteiger partial charge in [-0.3, -0.25) is 13.8 Å². The van der Waals surface area contributed by atoms with E-state index in [9.17, 15) is 13.8 Å². The van der Waals surface area contributed by atoms with Crippen molar-refractivity contribution < 1.29 is 13.8 Å². The zero-order valence-electron chi connectivity index (χ0n) is 14.4. The molecule has 0 aliphatic carbocycles. The largest absolute Gasteiger partial charge is 0.344 e. The second-order valence-corrected chi connectivity index (χ2v) is 8.61. The molecule has 2 amide bonds. The van der Waals surface area contributed by atoms with Crippen molar-refractivity contribution in [1.82, 2.24) is 10.2 Å². The first-order valence-corrected chi connectivity index (χ1v) is 9.62. The fourth-order valence-electron chi connectivity index (χ4n) is 2.68. The van der Waals surface area contributed by atoms with Crippen molar-refractivity contribution >= 4 is 22.6 Å². The standard InChI is InChI=1S/C16H30N2O3S/c1-11(2)10-14(19)17-15(12(3)4)16(20)18(5)13-6-8-22(21)9-7-13/h11-13,15H,6-10H2,1-5H3,(H,17,19). The van der Waals surface area contributed by atoms with Crippen LogP contribution in [-0.4, -0.2) is 51.6 Å². The maximum absolute atomic E-state index is 12.7. The molecule has 1 heterocycles. The predicted molar refractivity (Wildman–Crippen MR) is 89.9 cm³/mol. The molecule has 1 saturated heterocycles. The molecule has 0 aromatic rings. The Balaban J connectivity index is 2.67. The molecule has 128 valence electrons. The van der Waals surface area contributed by atoms with Crippen molar-refractivity contribution in [2.24, 2.45) is 11.8 Å². The number of nitrogens with zero attached hydrogens (tertiary/aromatic N) is 1. The Hall–Kier alpha value is -0.910. The lowest BCUT2D eigenvalue weighted by Gasteiger charge is -2.34. The molecular weight excluding hydrogens is 300 g/mol. The summed E-state index contributed by atoms with van der Waals surface area (Å²) < 4.78 is 11.4. The molecule has 1 fully saturated rings. The summed E-state index contributed by atoms with van der Waals surface area (Å²) in [5, 5.41) is 2.89. The fraction of sp³-hybridized carbons (Fsp3) is 0.875. The van der Waals surface area contributed by atoms with Gasteiger partial charge in [-0.25, -0.2) is 0 Å². The van der Waals surface area contributed by atoms with E-state index in [2.05, 4.69) is 5.32 Å². The van der Waals surface area contributed by atoms with Gasteiger partial charge in [0.15, 0.2) is 0 Å². The van der Waals surface area contributed by atoms with E-state index in [-0.39, 0.29) is 29.7 Å². The molecule has 0 aromatic heterocycles. The van der Waals surface area contributed by atoms with Crippen LogP contribution in [0, 0.1) is 11.8 Å². The highest BCUT2D eigenvalue weighted by Gasteiger charge is 2.31. The molecule has 1 N–H and O–H groups in total. The van der Waals surface area contributed by atoms with E-state index in [0.717, 1.165) is 12.8 Å². The van der Waals surface area contributed by atoms with Gasteiger partial charge in [0, 0.05) is 41.8 Å². The van der Waals surface area contributed by atoms with Crippen molar-refractivity contribution in [2.75, 3.05) is 18.6 Å². The second kappa shape index (κ2) is 8.65. The number of rotatable bonds is 6. The minimum atomic E-state index is -0.734. The Labute approximate surface area is 136 Å². The maximum Gasteiger partial charge on any atom is 0.245 e. The van der Waals surface area contributed by atoms with Gasteiger partial charge in [-0.15, -0.1) is 0 Å². The molecule has 1 rings (SSSR count). The normalized spacial score (nSPS) is 23.4. The topological polar surface area (TPSA) is 66.5 Å². The Bertz CT molecular complexity index is 414. The summed E-state index contributed by atoms with van der Waals surface area (Å²) >= 11 is 0. The molecule has 0 aromatic carbocycles. The third kappa shape index (κ3) is 5.71. The van der Waals surface area contributed by atoms with E-state index in [4.69, 9.17) is 0 Å². The molecule has 1 atom stereocenters. The number of likely N-dealkylation sites (N-methyl/N-ethyl adjacent to an activating group) is 1. The van der Waals surface area contributed by atoms with Crippen LogP contribution in [0.2, 0.25) is 0 Å². The minimum Gasteiger partial charge on any atom is -0.344 e. The summed E-state index contributed by atoms with van der Waals surface area (Å²) in [6, 6.07) is -0.350. The fourth-order valence-corrected chi connectivity index (χ4v) is 3.96. The molecule has 22 heavy (non-hydrogen) atoms. The number of amides is 2. The third-order valence-electron chi connectivity index (χ3n) is 4.10. The SMILES string of the molecule is CC(C)CC(=O)NC(C(=O)N(C)C1CCS(=O)CC1)C(C)C. The maximum atomic E-state index is 12.7. The monoisotopic (exact) mass is 330 g/mol. The summed E-state index contributed by atoms with van der Waals surface area (Å²) in [5.41, 5.74) is 0. The predicted octanol–water partition coefficient (Wildman–Crippen LogP) is 1.54. The minimum absolute atomic E-state index is 0.0372. The molecular formula is C16H30N2O3S. The average Bonchev–Trinajstić information content (AvgIpc) is 2.43. The molecule has 0 saturated carbocycles. The highest BCUT2D eigenvalue weighted by atomic mass is 32.2. The van der Waals surface area contributed by atoms with Crippen LogP contribution in [0.25, 0.3) is 0 Å². The quantitative estimate of drug-likeness (QED) is 0.803. The highest BCUT2D eigenvalue weighted by molar-refractivity contribution is 7.85. The smallest absolute Gasteiger partial charge is 0.245 e. The first-order chi connectivity index (χ1) is 10.2. The second-order valence-electron chi connectivity index (χ2n) is 6.92. The molecule has 6 heteroatoms. The van der Waals surface area contributed by atoms with Crippen LogP contribution in [0.4, 0.5) is 0 Å². The van der Waals surface area contributed by atoms with Crippen LogP contribution in [0.3, 0.4) is 0 Å². The Morgan fingerprint density at radius 3 is 2.18 bits per heavy atom.